The maximum absolute atomic E-state index is 5.77. The number of hydrogen-bond donors (Lipinski definition) is 3. The Hall–Kier alpha value is -2.56. The molecule has 2 heterocycles. The fourth-order valence-electron chi connectivity index (χ4n) is 2.07. The van der Waals surface area contributed by atoms with Crippen LogP contribution in [0, 0.1) is 0 Å². The number of H-pyrrole nitrogens is 1. The second-order valence-electron chi connectivity index (χ2n) is 4.39. The number of fused-ring (bicyclic) bond motifs is 1. The molecule has 96 valence electrons. The van der Waals surface area contributed by atoms with Crippen LogP contribution >= 0.6 is 0 Å². The van der Waals surface area contributed by atoms with Crippen LogP contribution in [0.2, 0.25) is 0 Å². The maximum atomic E-state index is 5.77. The molecule has 0 aliphatic heterocycles. The molecule has 4 N–H and O–H groups in total. The Kier molecular flexibility index (Phi) is 3.02. The summed E-state index contributed by atoms with van der Waals surface area (Å²) in [6.45, 7) is 0.839. The zero-order valence-electron chi connectivity index (χ0n) is 10.4. The summed E-state index contributed by atoms with van der Waals surface area (Å²) < 4.78 is 0. The van der Waals surface area contributed by atoms with E-state index in [2.05, 4.69) is 20.3 Å². The summed E-state index contributed by atoms with van der Waals surface area (Å²) in [5.41, 5.74) is 9.60. The van der Waals surface area contributed by atoms with Gasteiger partial charge in [-0.05, 0) is 24.3 Å². The highest BCUT2D eigenvalue weighted by Gasteiger charge is 2.02. The number of rotatable bonds is 4. The van der Waals surface area contributed by atoms with Gasteiger partial charge < -0.3 is 16.0 Å². The quantitative estimate of drug-likeness (QED) is 0.623. The van der Waals surface area contributed by atoms with E-state index in [4.69, 9.17) is 5.73 Å². The van der Waals surface area contributed by atoms with Crippen LogP contribution in [0.15, 0.2) is 43.0 Å². The normalized spacial score (nSPS) is 10.7. The summed E-state index contributed by atoms with van der Waals surface area (Å²) in [6, 6.07) is 7.75. The van der Waals surface area contributed by atoms with Gasteiger partial charge in [-0.15, -0.1) is 0 Å². The minimum Gasteiger partial charge on any atom is -0.399 e. The molecule has 19 heavy (non-hydrogen) atoms. The third-order valence-corrected chi connectivity index (χ3v) is 3.03. The van der Waals surface area contributed by atoms with Crippen LogP contribution in [0.3, 0.4) is 0 Å². The van der Waals surface area contributed by atoms with Gasteiger partial charge in [0, 0.05) is 47.8 Å². The SMILES string of the molecule is Nc1ccc2c(NCCc3cnc[nH]3)ccnc2c1. The monoisotopic (exact) mass is 253 g/mol. The van der Waals surface area contributed by atoms with Crippen molar-refractivity contribution >= 4 is 22.3 Å². The van der Waals surface area contributed by atoms with Crippen molar-refractivity contribution in [2.24, 2.45) is 0 Å². The van der Waals surface area contributed by atoms with Crippen molar-refractivity contribution in [1.29, 1.82) is 0 Å². The number of aromatic amines is 1. The molecule has 2 aromatic heterocycles. The number of pyridine rings is 1. The average Bonchev–Trinajstić information content (AvgIpc) is 2.92. The molecule has 0 unspecified atom stereocenters. The van der Waals surface area contributed by atoms with E-state index in [1.165, 1.54) is 0 Å². The number of hydrogen-bond acceptors (Lipinski definition) is 4. The summed E-state index contributed by atoms with van der Waals surface area (Å²) in [6.07, 6.45) is 6.23. The van der Waals surface area contributed by atoms with Gasteiger partial charge in [0.15, 0.2) is 0 Å². The van der Waals surface area contributed by atoms with E-state index in [1.807, 2.05) is 30.5 Å². The van der Waals surface area contributed by atoms with Gasteiger partial charge in [0.25, 0.3) is 0 Å². The van der Waals surface area contributed by atoms with Crippen molar-refractivity contribution in [3.8, 4) is 0 Å². The first kappa shape index (κ1) is 11.5. The van der Waals surface area contributed by atoms with Gasteiger partial charge in [0.2, 0.25) is 0 Å². The molecule has 0 atom stereocenters. The van der Waals surface area contributed by atoms with E-state index < -0.39 is 0 Å². The van der Waals surface area contributed by atoms with Gasteiger partial charge in [0.1, 0.15) is 0 Å². The van der Waals surface area contributed by atoms with Crippen LogP contribution < -0.4 is 11.1 Å². The number of nitrogens with two attached hydrogens (primary N) is 1. The molecule has 0 fully saturated rings. The molecule has 1 aromatic carbocycles. The minimum atomic E-state index is 0.731. The van der Waals surface area contributed by atoms with Crippen LogP contribution in [0.5, 0.6) is 0 Å². The lowest BCUT2D eigenvalue weighted by Gasteiger charge is -2.09. The Morgan fingerprint density at radius 2 is 2.21 bits per heavy atom. The number of benzene rings is 1. The summed E-state index contributed by atoms with van der Waals surface area (Å²) in [5.74, 6) is 0. The largest absolute Gasteiger partial charge is 0.399 e. The summed E-state index contributed by atoms with van der Waals surface area (Å²) in [5, 5.41) is 4.50. The first-order valence-corrected chi connectivity index (χ1v) is 6.18. The van der Waals surface area contributed by atoms with Crippen LogP contribution in [0.4, 0.5) is 11.4 Å². The Morgan fingerprint density at radius 3 is 3.05 bits per heavy atom. The molecule has 3 aromatic rings. The Morgan fingerprint density at radius 1 is 1.26 bits per heavy atom. The van der Waals surface area contributed by atoms with Gasteiger partial charge in [-0.1, -0.05) is 0 Å². The molecule has 0 radical (unpaired) electrons. The van der Waals surface area contributed by atoms with E-state index in [0.29, 0.717) is 0 Å². The summed E-state index contributed by atoms with van der Waals surface area (Å²) >= 11 is 0. The van der Waals surface area contributed by atoms with E-state index in [-0.39, 0.29) is 0 Å². The predicted octanol–water partition coefficient (Wildman–Crippen LogP) is 2.19. The number of nitrogens with zero attached hydrogens (tertiary/aromatic N) is 2. The van der Waals surface area contributed by atoms with Crippen molar-refractivity contribution in [1.82, 2.24) is 15.0 Å². The molecular formula is C14H15N5. The van der Waals surface area contributed by atoms with Crippen molar-refractivity contribution < 1.29 is 0 Å². The highest BCUT2D eigenvalue weighted by molar-refractivity contribution is 5.92. The molecular weight excluding hydrogens is 238 g/mol. The average molecular weight is 253 g/mol. The second-order valence-corrected chi connectivity index (χ2v) is 4.39. The zero-order valence-corrected chi connectivity index (χ0v) is 10.4. The molecule has 0 saturated heterocycles. The zero-order chi connectivity index (χ0) is 13.1. The first-order chi connectivity index (χ1) is 9.33. The van der Waals surface area contributed by atoms with E-state index in [1.54, 1.807) is 12.5 Å². The van der Waals surface area contributed by atoms with Crippen molar-refractivity contribution in [2.45, 2.75) is 6.42 Å². The van der Waals surface area contributed by atoms with Crippen molar-refractivity contribution in [3.05, 3.63) is 48.7 Å². The predicted molar refractivity (Wildman–Crippen MR) is 76.9 cm³/mol. The van der Waals surface area contributed by atoms with Gasteiger partial charge in [-0.2, -0.15) is 0 Å². The molecule has 3 rings (SSSR count). The number of aromatic nitrogens is 3. The van der Waals surface area contributed by atoms with E-state index in [0.717, 1.165) is 40.9 Å². The molecule has 5 heteroatoms. The van der Waals surface area contributed by atoms with E-state index in [9.17, 15) is 0 Å². The molecule has 0 spiro atoms. The smallest absolute Gasteiger partial charge is 0.0921 e. The Labute approximate surface area is 110 Å². The third-order valence-electron chi connectivity index (χ3n) is 3.03. The van der Waals surface area contributed by atoms with Gasteiger partial charge in [-0.3, -0.25) is 4.98 Å². The van der Waals surface area contributed by atoms with Crippen LogP contribution in [0.1, 0.15) is 5.69 Å². The topological polar surface area (TPSA) is 79.6 Å². The molecule has 0 aliphatic carbocycles. The third kappa shape index (κ3) is 2.49. The fourth-order valence-corrected chi connectivity index (χ4v) is 2.07. The Balaban J connectivity index is 1.77. The lowest BCUT2D eigenvalue weighted by molar-refractivity contribution is 0.978. The number of anilines is 2. The van der Waals surface area contributed by atoms with Crippen molar-refractivity contribution in [2.75, 3.05) is 17.6 Å². The Bertz CT molecular complexity index is 675. The molecule has 0 saturated carbocycles. The number of nitrogens with one attached hydrogen (secondary N) is 2. The van der Waals surface area contributed by atoms with E-state index >= 15 is 0 Å². The highest BCUT2D eigenvalue weighted by atomic mass is 14.9. The minimum absolute atomic E-state index is 0.731. The van der Waals surface area contributed by atoms with Crippen LogP contribution in [-0.4, -0.2) is 21.5 Å². The number of imidazole rings is 1. The summed E-state index contributed by atoms with van der Waals surface area (Å²) in [4.78, 5) is 11.4. The lowest BCUT2D eigenvalue weighted by Crippen LogP contribution is -2.05. The first-order valence-electron chi connectivity index (χ1n) is 6.18. The summed E-state index contributed by atoms with van der Waals surface area (Å²) in [7, 11) is 0. The second kappa shape index (κ2) is 4.97. The van der Waals surface area contributed by atoms with Gasteiger partial charge >= 0.3 is 0 Å². The molecule has 0 bridgehead atoms. The molecule has 0 amide bonds. The standard InChI is InChI=1S/C14H15N5/c15-10-1-2-12-13(4-6-18-14(12)7-10)17-5-3-11-8-16-9-19-11/h1-2,4,6-9H,3,5,15H2,(H,16,19)(H,17,18). The van der Waals surface area contributed by atoms with Gasteiger partial charge in [-0.25, -0.2) is 4.98 Å². The lowest BCUT2D eigenvalue weighted by atomic mass is 10.1. The highest BCUT2D eigenvalue weighted by Crippen LogP contribution is 2.23. The van der Waals surface area contributed by atoms with Crippen molar-refractivity contribution in [3.63, 3.8) is 0 Å². The maximum Gasteiger partial charge on any atom is 0.0921 e. The molecule has 0 aliphatic rings. The molecule has 5 nitrogen and oxygen atoms in total. The van der Waals surface area contributed by atoms with Crippen LogP contribution in [0.25, 0.3) is 10.9 Å². The van der Waals surface area contributed by atoms with Gasteiger partial charge in [0.05, 0.1) is 11.8 Å². The number of nitrogen functional groups attached to an aromatic ring is 1. The van der Waals surface area contributed by atoms with Crippen LogP contribution in [-0.2, 0) is 6.42 Å². The fraction of sp³-hybridized carbons (Fsp3) is 0.143.